The molecular formula is C14H29BCl2N2O6. The minimum Gasteiger partial charge on any atom is -0.480 e. The van der Waals surface area contributed by atoms with Crippen molar-refractivity contribution in [3.63, 3.8) is 0 Å². The second-order valence-corrected chi connectivity index (χ2v) is 6.32. The van der Waals surface area contributed by atoms with Crippen LogP contribution in [0.1, 0.15) is 44.9 Å². The van der Waals surface area contributed by atoms with Crippen LogP contribution in [0.25, 0.3) is 0 Å². The highest BCUT2D eigenvalue weighted by atomic mass is 35.5. The molecule has 11 heteroatoms. The number of halogens is 2. The van der Waals surface area contributed by atoms with Crippen molar-refractivity contribution in [1.29, 1.82) is 0 Å². The van der Waals surface area contributed by atoms with Crippen LogP contribution < -0.4 is 5.73 Å². The number of likely N-dealkylation sites (tertiary alicyclic amines) is 1. The van der Waals surface area contributed by atoms with Crippen molar-refractivity contribution in [2.75, 3.05) is 13.1 Å². The quantitative estimate of drug-likeness (QED) is 0.263. The topological polar surface area (TPSA) is 144 Å². The largest absolute Gasteiger partial charge is 0.480 e. The third-order valence-corrected chi connectivity index (χ3v) is 4.50. The van der Waals surface area contributed by atoms with E-state index in [-0.39, 0.29) is 44.0 Å². The number of unbranched alkanes of at least 4 members (excludes halogenated alkanes) is 1. The van der Waals surface area contributed by atoms with Crippen LogP contribution >= 0.6 is 24.8 Å². The molecule has 2 unspecified atom stereocenters. The van der Waals surface area contributed by atoms with Gasteiger partial charge in [0.1, 0.15) is 11.6 Å². The number of aliphatic carboxylic acids is 2. The third-order valence-electron chi connectivity index (χ3n) is 4.50. The molecule has 0 aromatic rings. The highest BCUT2D eigenvalue weighted by Crippen LogP contribution is 2.22. The highest BCUT2D eigenvalue weighted by Gasteiger charge is 2.36. The number of hydrogen-bond acceptors (Lipinski definition) is 6. The first-order valence-corrected chi connectivity index (χ1v) is 8.11. The molecular weight excluding hydrogens is 374 g/mol. The Kier molecular flexibility index (Phi) is 13.6. The fourth-order valence-corrected chi connectivity index (χ4v) is 2.99. The minimum atomic E-state index is -1.42. The molecule has 1 rings (SSSR count). The first-order valence-electron chi connectivity index (χ1n) is 8.11. The zero-order chi connectivity index (χ0) is 17.5. The van der Waals surface area contributed by atoms with Gasteiger partial charge in [0.2, 0.25) is 0 Å². The van der Waals surface area contributed by atoms with E-state index < -0.39 is 30.6 Å². The van der Waals surface area contributed by atoms with Gasteiger partial charge in [-0.2, -0.15) is 0 Å². The number of hydrogen-bond donors (Lipinski definition) is 5. The maximum absolute atomic E-state index is 11.5. The van der Waals surface area contributed by atoms with Crippen molar-refractivity contribution in [3.8, 4) is 0 Å². The summed E-state index contributed by atoms with van der Waals surface area (Å²) in [5.41, 5.74) is 4.58. The summed E-state index contributed by atoms with van der Waals surface area (Å²) < 4.78 is 0. The van der Waals surface area contributed by atoms with Gasteiger partial charge in [0.05, 0.1) is 0 Å². The van der Waals surface area contributed by atoms with Gasteiger partial charge in [-0.3, -0.25) is 14.5 Å². The number of carbonyl (C=O) groups is 2. The Hall–Kier alpha value is -0.575. The Labute approximate surface area is 160 Å². The zero-order valence-electron chi connectivity index (χ0n) is 14.2. The van der Waals surface area contributed by atoms with Crippen molar-refractivity contribution in [1.82, 2.24) is 4.90 Å². The van der Waals surface area contributed by atoms with Crippen LogP contribution in [0.2, 0.25) is 6.32 Å². The van der Waals surface area contributed by atoms with Gasteiger partial charge >= 0.3 is 19.1 Å². The lowest BCUT2D eigenvalue weighted by Gasteiger charge is -2.35. The van der Waals surface area contributed by atoms with Gasteiger partial charge in [-0.1, -0.05) is 19.3 Å². The summed E-state index contributed by atoms with van der Waals surface area (Å²) in [6, 6.07) is -0.564. The molecule has 0 aliphatic carbocycles. The van der Waals surface area contributed by atoms with Crippen LogP contribution in [-0.4, -0.2) is 68.9 Å². The molecule has 1 fully saturated rings. The zero-order valence-corrected chi connectivity index (χ0v) is 15.8. The minimum absolute atomic E-state index is 0. The summed E-state index contributed by atoms with van der Waals surface area (Å²) in [6.07, 6.45) is 3.88. The van der Waals surface area contributed by atoms with Crippen LogP contribution in [0.3, 0.4) is 0 Å². The summed E-state index contributed by atoms with van der Waals surface area (Å²) in [5.74, 6) is -1.98. The smallest absolute Gasteiger partial charge is 0.451 e. The average molecular weight is 403 g/mol. The van der Waals surface area contributed by atoms with Crippen LogP contribution in [0.4, 0.5) is 0 Å². The standard InChI is InChI=1S/C14H27BN2O6.2ClH/c16-14(13(20)21,6-2-3-8-15(22)23)7-10-17-9-4-1-5-11(17)12(18)19;;/h11,22-23H,1-10,16H2,(H,18,19)(H,20,21);2*1H. The lowest BCUT2D eigenvalue weighted by atomic mass is 9.81. The molecule has 8 nitrogen and oxygen atoms in total. The lowest BCUT2D eigenvalue weighted by Crippen LogP contribution is -2.52. The Morgan fingerprint density at radius 2 is 1.76 bits per heavy atom. The molecule has 25 heavy (non-hydrogen) atoms. The molecule has 148 valence electrons. The van der Waals surface area contributed by atoms with E-state index in [0.717, 1.165) is 12.8 Å². The molecule has 0 saturated carbocycles. The second-order valence-electron chi connectivity index (χ2n) is 6.32. The predicted molar refractivity (Wildman–Crippen MR) is 99.4 cm³/mol. The van der Waals surface area contributed by atoms with Gasteiger partial charge in [0.25, 0.3) is 0 Å². The van der Waals surface area contributed by atoms with Gasteiger partial charge in [-0.05, 0) is 38.5 Å². The fraction of sp³-hybridized carbons (Fsp3) is 0.857. The van der Waals surface area contributed by atoms with Gasteiger partial charge < -0.3 is 26.0 Å². The van der Waals surface area contributed by atoms with Crippen LogP contribution in [0, 0.1) is 0 Å². The molecule has 0 aromatic heterocycles. The van der Waals surface area contributed by atoms with Gasteiger partial charge in [-0.25, -0.2) is 0 Å². The molecule has 0 bridgehead atoms. The third kappa shape index (κ3) is 9.07. The van der Waals surface area contributed by atoms with E-state index in [0.29, 0.717) is 32.4 Å². The second kappa shape index (κ2) is 12.7. The number of carboxylic acid groups (broad SMARTS) is 2. The van der Waals surface area contributed by atoms with Crippen LogP contribution in [-0.2, 0) is 9.59 Å². The summed E-state index contributed by atoms with van der Waals surface area (Å²) >= 11 is 0. The Morgan fingerprint density at radius 3 is 2.28 bits per heavy atom. The van der Waals surface area contributed by atoms with Gasteiger partial charge in [0, 0.05) is 6.54 Å². The molecule has 0 spiro atoms. The van der Waals surface area contributed by atoms with Crippen molar-refractivity contribution in [2.24, 2.45) is 5.73 Å². The summed E-state index contributed by atoms with van der Waals surface area (Å²) in [6.45, 7) is 0.978. The van der Waals surface area contributed by atoms with Crippen molar-refractivity contribution >= 4 is 43.9 Å². The molecule has 0 aromatic carbocycles. The fourth-order valence-electron chi connectivity index (χ4n) is 2.99. The molecule has 0 radical (unpaired) electrons. The molecule has 1 aliphatic heterocycles. The molecule has 1 aliphatic rings. The van der Waals surface area contributed by atoms with E-state index in [1.165, 1.54) is 0 Å². The van der Waals surface area contributed by atoms with Crippen LogP contribution in [0.5, 0.6) is 0 Å². The summed E-state index contributed by atoms with van der Waals surface area (Å²) in [7, 11) is -1.39. The average Bonchev–Trinajstić information content (AvgIpc) is 2.49. The van der Waals surface area contributed by atoms with Crippen LogP contribution in [0.15, 0.2) is 0 Å². The van der Waals surface area contributed by atoms with Gasteiger partial charge in [-0.15, -0.1) is 24.8 Å². The summed E-state index contributed by atoms with van der Waals surface area (Å²) in [5, 5.41) is 36.2. The highest BCUT2D eigenvalue weighted by molar-refractivity contribution is 6.40. The Morgan fingerprint density at radius 1 is 1.12 bits per heavy atom. The van der Waals surface area contributed by atoms with Crippen molar-refractivity contribution in [3.05, 3.63) is 0 Å². The van der Waals surface area contributed by atoms with E-state index in [4.69, 9.17) is 15.8 Å². The van der Waals surface area contributed by atoms with E-state index >= 15 is 0 Å². The van der Waals surface area contributed by atoms with E-state index in [2.05, 4.69) is 0 Å². The van der Waals surface area contributed by atoms with E-state index in [9.17, 15) is 19.8 Å². The number of piperidine rings is 1. The molecule has 0 amide bonds. The molecule has 6 N–H and O–H groups in total. The number of rotatable bonds is 10. The van der Waals surface area contributed by atoms with E-state index in [1.807, 2.05) is 0 Å². The van der Waals surface area contributed by atoms with E-state index in [1.54, 1.807) is 4.90 Å². The number of nitrogens with two attached hydrogens (primary N) is 1. The Bertz CT molecular complexity index is 419. The summed E-state index contributed by atoms with van der Waals surface area (Å²) in [4.78, 5) is 24.5. The maximum Gasteiger partial charge on any atom is 0.451 e. The molecule has 1 heterocycles. The lowest BCUT2D eigenvalue weighted by molar-refractivity contribution is -0.145. The molecule has 1 saturated heterocycles. The normalized spacial score (nSPS) is 19.9. The SMILES string of the molecule is Cl.Cl.NC(CCCCB(O)O)(CCN1CCCCC1C(=O)O)C(=O)O. The van der Waals surface area contributed by atoms with Gasteiger partial charge in [0.15, 0.2) is 0 Å². The molecule has 2 atom stereocenters. The predicted octanol–water partition coefficient (Wildman–Crippen LogP) is 0.584. The monoisotopic (exact) mass is 402 g/mol. The Balaban J connectivity index is 0. The number of nitrogens with zero attached hydrogens (tertiary/aromatic N) is 1. The maximum atomic E-state index is 11.5. The first kappa shape index (κ1) is 26.7. The van der Waals surface area contributed by atoms with Crippen molar-refractivity contribution in [2.45, 2.75) is 62.8 Å². The van der Waals surface area contributed by atoms with Crippen molar-refractivity contribution < 1.29 is 29.9 Å². The first-order chi connectivity index (χ1) is 10.8. The number of carboxylic acids is 2.